The molecule has 0 aromatic heterocycles. The Balaban J connectivity index is 3.03. The summed E-state index contributed by atoms with van der Waals surface area (Å²) in [5.41, 5.74) is 0.753. The number of hydrogen-bond acceptors (Lipinski definition) is 3. The Morgan fingerprint density at radius 1 is 0.920 bits per heavy atom. The fraction of sp³-hybridized carbons (Fsp3) is 0.682. The maximum Gasteiger partial charge on any atom is 0.0846 e. The molecule has 0 aliphatic rings. The topological polar surface area (TPSA) is 30.3 Å². The zero-order chi connectivity index (χ0) is 18.9. The minimum Gasteiger partial charge on any atom is -0.304 e. The van der Waals surface area contributed by atoms with Gasteiger partial charge in [0.1, 0.15) is 0 Å². The third-order valence-corrected chi connectivity index (χ3v) is 5.41. The molecular formula is C22H37N3. The molecular weight excluding hydrogens is 306 g/mol. The average molecular weight is 344 g/mol. The Kier molecular flexibility index (Phi) is 9.17. The van der Waals surface area contributed by atoms with Crippen molar-refractivity contribution < 1.29 is 0 Å². The summed E-state index contributed by atoms with van der Waals surface area (Å²) in [5.74, 6) is 0. The zero-order valence-electron chi connectivity index (χ0n) is 17.1. The third-order valence-electron chi connectivity index (χ3n) is 5.41. The summed E-state index contributed by atoms with van der Waals surface area (Å²) in [6.45, 7) is 17.4. The molecule has 0 saturated carbocycles. The average Bonchev–Trinajstić information content (AvgIpc) is 2.61. The molecule has 0 fully saturated rings. The molecule has 0 aliphatic heterocycles. The van der Waals surface area contributed by atoms with Crippen LogP contribution in [-0.2, 0) is 5.41 Å². The van der Waals surface area contributed by atoms with Crippen LogP contribution in [-0.4, -0.2) is 48.1 Å². The smallest absolute Gasteiger partial charge is 0.0846 e. The van der Waals surface area contributed by atoms with E-state index in [1.807, 2.05) is 6.07 Å². The summed E-state index contributed by atoms with van der Waals surface area (Å²) in [6.07, 6.45) is 1.77. The van der Waals surface area contributed by atoms with Gasteiger partial charge in [0, 0.05) is 18.6 Å². The second-order valence-electron chi connectivity index (χ2n) is 7.51. The van der Waals surface area contributed by atoms with E-state index in [-0.39, 0.29) is 0 Å². The van der Waals surface area contributed by atoms with Crippen LogP contribution < -0.4 is 0 Å². The van der Waals surface area contributed by atoms with E-state index in [0.29, 0.717) is 12.1 Å². The van der Waals surface area contributed by atoms with Crippen molar-refractivity contribution in [3.8, 4) is 6.07 Å². The first-order valence-corrected chi connectivity index (χ1v) is 9.85. The van der Waals surface area contributed by atoms with Crippen LogP contribution in [0.3, 0.4) is 0 Å². The number of benzene rings is 1. The summed E-state index contributed by atoms with van der Waals surface area (Å²) in [7, 11) is 0. The van der Waals surface area contributed by atoms with Gasteiger partial charge in [-0.3, -0.25) is 4.90 Å². The summed E-state index contributed by atoms with van der Waals surface area (Å²) >= 11 is 0. The Bertz CT molecular complexity index is 506. The highest BCUT2D eigenvalue weighted by Gasteiger charge is 2.33. The summed E-state index contributed by atoms with van der Waals surface area (Å²) in [6, 6.07) is 14.1. The zero-order valence-corrected chi connectivity index (χ0v) is 17.1. The molecule has 0 radical (unpaired) electrons. The quantitative estimate of drug-likeness (QED) is 0.584. The third kappa shape index (κ3) is 6.13. The van der Waals surface area contributed by atoms with Crippen molar-refractivity contribution in [3.63, 3.8) is 0 Å². The Morgan fingerprint density at radius 2 is 1.44 bits per heavy atom. The first kappa shape index (κ1) is 21.7. The van der Waals surface area contributed by atoms with Crippen LogP contribution in [0.5, 0.6) is 0 Å². The SMILES string of the molecule is CCN(CC)CCC(C#N)(CCN(C(C)C)C(C)C)c1ccccc1. The van der Waals surface area contributed by atoms with E-state index >= 15 is 0 Å². The van der Waals surface area contributed by atoms with Crippen LogP contribution in [0.15, 0.2) is 30.3 Å². The van der Waals surface area contributed by atoms with Gasteiger partial charge in [-0.25, -0.2) is 0 Å². The normalized spacial score (nSPS) is 14.3. The van der Waals surface area contributed by atoms with Gasteiger partial charge >= 0.3 is 0 Å². The second kappa shape index (κ2) is 10.6. The predicted octanol–water partition coefficient (Wildman–Crippen LogP) is 4.69. The number of nitriles is 1. The largest absolute Gasteiger partial charge is 0.304 e. The van der Waals surface area contributed by atoms with Gasteiger partial charge in [-0.05, 0) is 65.7 Å². The van der Waals surface area contributed by atoms with Gasteiger partial charge in [0.25, 0.3) is 0 Å². The van der Waals surface area contributed by atoms with Gasteiger partial charge in [0.15, 0.2) is 0 Å². The molecule has 1 rings (SSSR count). The molecule has 1 atom stereocenters. The lowest BCUT2D eigenvalue weighted by molar-refractivity contribution is 0.158. The van der Waals surface area contributed by atoms with Crippen molar-refractivity contribution in [2.24, 2.45) is 0 Å². The monoisotopic (exact) mass is 343 g/mol. The molecule has 0 aliphatic carbocycles. The minimum atomic E-state index is -0.411. The fourth-order valence-electron chi connectivity index (χ4n) is 3.67. The van der Waals surface area contributed by atoms with Crippen LogP contribution in [0.2, 0.25) is 0 Å². The maximum atomic E-state index is 10.2. The summed E-state index contributed by atoms with van der Waals surface area (Å²) < 4.78 is 0. The van der Waals surface area contributed by atoms with Gasteiger partial charge < -0.3 is 4.90 Å². The van der Waals surface area contributed by atoms with Crippen molar-refractivity contribution in [2.45, 2.75) is 71.9 Å². The molecule has 25 heavy (non-hydrogen) atoms. The molecule has 1 unspecified atom stereocenters. The van der Waals surface area contributed by atoms with Crippen LogP contribution in [0.25, 0.3) is 0 Å². The molecule has 1 aromatic rings. The lowest BCUT2D eigenvalue weighted by Crippen LogP contribution is -2.41. The van der Waals surface area contributed by atoms with E-state index in [9.17, 15) is 5.26 Å². The Labute approximate surface area is 155 Å². The molecule has 0 spiro atoms. The van der Waals surface area contributed by atoms with E-state index in [0.717, 1.165) is 44.6 Å². The van der Waals surface area contributed by atoms with Crippen molar-refractivity contribution >= 4 is 0 Å². The van der Waals surface area contributed by atoms with Gasteiger partial charge in [0.2, 0.25) is 0 Å². The number of hydrogen-bond donors (Lipinski definition) is 0. The van der Waals surface area contributed by atoms with Gasteiger partial charge in [-0.1, -0.05) is 44.2 Å². The van der Waals surface area contributed by atoms with Crippen molar-refractivity contribution in [1.29, 1.82) is 5.26 Å². The first-order valence-electron chi connectivity index (χ1n) is 9.85. The maximum absolute atomic E-state index is 10.2. The highest BCUT2D eigenvalue weighted by atomic mass is 15.2. The molecule has 0 bridgehead atoms. The van der Waals surface area contributed by atoms with Crippen LogP contribution in [0.4, 0.5) is 0 Å². The molecule has 140 valence electrons. The molecule has 0 N–H and O–H groups in total. The molecule has 3 heteroatoms. The Morgan fingerprint density at radius 3 is 1.88 bits per heavy atom. The van der Waals surface area contributed by atoms with E-state index in [2.05, 4.69) is 81.7 Å². The van der Waals surface area contributed by atoms with E-state index in [4.69, 9.17) is 0 Å². The van der Waals surface area contributed by atoms with E-state index < -0.39 is 5.41 Å². The minimum absolute atomic E-state index is 0.411. The second-order valence-corrected chi connectivity index (χ2v) is 7.51. The molecule has 3 nitrogen and oxygen atoms in total. The molecule has 0 amide bonds. The molecule has 0 heterocycles. The van der Waals surface area contributed by atoms with Crippen LogP contribution in [0.1, 0.15) is 59.9 Å². The Hall–Kier alpha value is -1.37. The van der Waals surface area contributed by atoms with E-state index in [1.54, 1.807) is 0 Å². The fourth-order valence-corrected chi connectivity index (χ4v) is 3.67. The number of nitrogens with zero attached hydrogens (tertiary/aromatic N) is 3. The van der Waals surface area contributed by atoms with Crippen molar-refractivity contribution in [2.75, 3.05) is 26.2 Å². The standard InChI is InChI=1S/C22H37N3/c1-7-24(8-2)16-14-22(18-23,21-12-10-9-11-13-21)15-17-25(19(3)4)20(5)6/h9-13,19-20H,7-8,14-17H2,1-6H3. The summed E-state index contributed by atoms with van der Waals surface area (Å²) in [5, 5.41) is 10.2. The lowest BCUT2D eigenvalue weighted by atomic mass is 9.75. The van der Waals surface area contributed by atoms with Crippen molar-refractivity contribution in [3.05, 3.63) is 35.9 Å². The summed E-state index contributed by atoms with van der Waals surface area (Å²) in [4.78, 5) is 4.91. The lowest BCUT2D eigenvalue weighted by Gasteiger charge is -2.36. The van der Waals surface area contributed by atoms with Gasteiger partial charge in [0.05, 0.1) is 11.5 Å². The van der Waals surface area contributed by atoms with Crippen LogP contribution >= 0.6 is 0 Å². The number of rotatable bonds is 11. The van der Waals surface area contributed by atoms with E-state index in [1.165, 1.54) is 0 Å². The predicted molar refractivity (Wildman–Crippen MR) is 108 cm³/mol. The van der Waals surface area contributed by atoms with Gasteiger partial charge in [-0.2, -0.15) is 5.26 Å². The van der Waals surface area contributed by atoms with Crippen LogP contribution in [0, 0.1) is 11.3 Å². The molecule has 1 aromatic carbocycles. The first-order chi connectivity index (χ1) is 11.9. The van der Waals surface area contributed by atoms with Crippen molar-refractivity contribution in [1.82, 2.24) is 9.80 Å². The van der Waals surface area contributed by atoms with Gasteiger partial charge in [-0.15, -0.1) is 0 Å². The highest BCUT2D eigenvalue weighted by molar-refractivity contribution is 5.32. The highest BCUT2D eigenvalue weighted by Crippen LogP contribution is 2.32. The molecule has 0 saturated heterocycles.